The number of nitrogens with zero attached hydrogens (tertiary/aromatic N) is 2. The van der Waals surface area contributed by atoms with E-state index in [4.69, 9.17) is 26.8 Å². The number of methoxy groups -OCH3 is 2. The van der Waals surface area contributed by atoms with Gasteiger partial charge >= 0.3 is 0 Å². The maximum atomic E-state index is 6.06. The van der Waals surface area contributed by atoms with Gasteiger partial charge in [0.15, 0.2) is 0 Å². The van der Waals surface area contributed by atoms with E-state index in [0.29, 0.717) is 23.1 Å². The lowest BCUT2D eigenvalue weighted by molar-refractivity contribution is 0.401. The predicted molar refractivity (Wildman–Crippen MR) is 69.6 cm³/mol. The lowest BCUT2D eigenvalue weighted by atomic mass is 10.2. The van der Waals surface area contributed by atoms with Crippen molar-refractivity contribution in [3.05, 3.63) is 35.4 Å². The average molecular weight is 268 g/mol. The first-order valence-corrected chi connectivity index (χ1v) is 5.72. The third-order valence-electron chi connectivity index (χ3n) is 2.64. The summed E-state index contributed by atoms with van der Waals surface area (Å²) in [5.74, 6) is 1.21. The van der Waals surface area contributed by atoms with Crippen molar-refractivity contribution in [2.24, 2.45) is 5.73 Å². The molecule has 0 saturated carbocycles. The Morgan fingerprint density at radius 3 is 2.61 bits per heavy atom. The molecule has 0 fully saturated rings. The van der Waals surface area contributed by atoms with Gasteiger partial charge in [-0.05, 0) is 0 Å². The monoisotopic (exact) mass is 267 g/mol. The molecular weight excluding hydrogens is 254 g/mol. The standard InChI is InChI=1S/C12H14ClN3O2/c1-17-11-4-10(12(18-2)3-9(11)13)16-7-15-6-8(16)5-14/h3-4,6-7H,5,14H2,1-2H3. The summed E-state index contributed by atoms with van der Waals surface area (Å²) in [5, 5.41) is 0.493. The molecule has 0 saturated heterocycles. The molecule has 2 aromatic rings. The molecule has 0 spiro atoms. The minimum atomic E-state index is 0.383. The second kappa shape index (κ2) is 5.29. The zero-order valence-corrected chi connectivity index (χ0v) is 10.9. The quantitative estimate of drug-likeness (QED) is 0.920. The molecule has 2 rings (SSSR count). The number of aromatic nitrogens is 2. The van der Waals surface area contributed by atoms with Crippen LogP contribution in [0.25, 0.3) is 5.69 Å². The summed E-state index contributed by atoms with van der Waals surface area (Å²) in [6.07, 6.45) is 3.38. The lowest BCUT2D eigenvalue weighted by Crippen LogP contribution is -2.06. The highest BCUT2D eigenvalue weighted by atomic mass is 35.5. The minimum Gasteiger partial charge on any atom is -0.495 e. The van der Waals surface area contributed by atoms with Crippen LogP contribution in [0, 0.1) is 0 Å². The molecule has 0 amide bonds. The van der Waals surface area contributed by atoms with Crippen LogP contribution in [0.3, 0.4) is 0 Å². The smallest absolute Gasteiger partial charge is 0.144 e. The number of hydrogen-bond donors (Lipinski definition) is 1. The number of hydrogen-bond acceptors (Lipinski definition) is 4. The van der Waals surface area contributed by atoms with Gasteiger partial charge in [0.2, 0.25) is 0 Å². The van der Waals surface area contributed by atoms with Crippen LogP contribution in [-0.2, 0) is 6.54 Å². The Hall–Kier alpha value is -1.72. The van der Waals surface area contributed by atoms with Crippen LogP contribution in [0.15, 0.2) is 24.7 Å². The molecule has 0 atom stereocenters. The van der Waals surface area contributed by atoms with Crippen molar-refractivity contribution in [2.75, 3.05) is 14.2 Å². The Kier molecular flexibility index (Phi) is 3.74. The van der Waals surface area contributed by atoms with Crippen LogP contribution in [-0.4, -0.2) is 23.8 Å². The Labute approximate surface area is 110 Å². The average Bonchev–Trinajstić information content (AvgIpc) is 2.86. The first kappa shape index (κ1) is 12.7. The third kappa shape index (κ3) is 2.14. The summed E-state index contributed by atoms with van der Waals surface area (Å²) in [5.41, 5.74) is 7.33. The molecule has 0 radical (unpaired) electrons. The van der Waals surface area contributed by atoms with Gasteiger partial charge in [-0.1, -0.05) is 11.6 Å². The zero-order valence-electron chi connectivity index (χ0n) is 10.2. The van der Waals surface area contributed by atoms with E-state index in [1.807, 2.05) is 4.57 Å². The highest BCUT2D eigenvalue weighted by molar-refractivity contribution is 6.32. The number of halogens is 1. The molecule has 18 heavy (non-hydrogen) atoms. The number of ether oxygens (including phenoxy) is 2. The summed E-state index contributed by atoms with van der Waals surface area (Å²) in [6, 6.07) is 3.50. The van der Waals surface area contributed by atoms with Crippen LogP contribution in [0.1, 0.15) is 5.69 Å². The van der Waals surface area contributed by atoms with Crippen LogP contribution in [0.4, 0.5) is 0 Å². The van der Waals surface area contributed by atoms with Crippen molar-refractivity contribution < 1.29 is 9.47 Å². The molecule has 1 aromatic carbocycles. The topological polar surface area (TPSA) is 62.3 Å². The van der Waals surface area contributed by atoms with Gasteiger partial charge in [0, 0.05) is 24.9 Å². The minimum absolute atomic E-state index is 0.383. The van der Waals surface area contributed by atoms with E-state index in [0.717, 1.165) is 11.4 Å². The fourth-order valence-electron chi connectivity index (χ4n) is 1.72. The first-order valence-electron chi connectivity index (χ1n) is 5.34. The highest BCUT2D eigenvalue weighted by Crippen LogP contribution is 2.35. The normalized spacial score (nSPS) is 10.4. The molecule has 5 nitrogen and oxygen atoms in total. The highest BCUT2D eigenvalue weighted by Gasteiger charge is 2.13. The summed E-state index contributed by atoms with van der Waals surface area (Å²) < 4.78 is 12.4. The SMILES string of the molecule is COc1cc(-n2cncc2CN)c(OC)cc1Cl. The third-order valence-corrected chi connectivity index (χ3v) is 2.93. The number of nitrogens with two attached hydrogens (primary N) is 1. The number of benzene rings is 1. The van der Waals surface area contributed by atoms with Gasteiger partial charge < -0.3 is 15.2 Å². The fourth-order valence-corrected chi connectivity index (χ4v) is 1.95. The van der Waals surface area contributed by atoms with Crippen molar-refractivity contribution in [2.45, 2.75) is 6.54 Å². The van der Waals surface area contributed by atoms with Gasteiger partial charge in [-0.2, -0.15) is 0 Å². The van der Waals surface area contributed by atoms with Gasteiger partial charge in [-0.15, -0.1) is 0 Å². The Morgan fingerprint density at radius 2 is 2.00 bits per heavy atom. The molecule has 0 aliphatic rings. The Balaban J connectivity index is 2.62. The van der Waals surface area contributed by atoms with Crippen molar-refractivity contribution in [1.29, 1.82) is 0 Å². The molecule has 1 heterocycles. The summed E-state index contributed by atoms with van der Waals surface area (Å²) in [6.45, 7) is 0.383. The molecule has 2 N–H and O–H groups in total. The van der Waals surface area contributed by atoms with Crippen molar-refractivity contribution in [3.8, 4) is 17.2 Å². The van der Waals surface area contributed by atoms with Crippen LogP contribution in [0.2, 0.25) is 5.02 Å². The second-order valence-corrected chi connectivity index (χ2v) is 4.02. The molecular formula is C12H14ClN3O2. The largest absolute Gasteiger partial charge is 0.495 e. The van der Waals surface area contributed by atoms with Crippen molar-refractivity contribution in [1.82, 2.24) is 9.55 Å². The van der Waals surface area contributed by atoms with Gasteiger partial charge in [0.05, 0.1) is 37.0 Å². The molecule has 96 valence electrons. The maximum Gasteiger partial charge on any atom is 0.144 e. The van der Waals surface area contributed by atoms with Crippen LogP contribution < -0.4 is 15.2 Å². The van der Waals surface area contributed by atoms with E-state index in [-0.39, 0.29) is 0 Å². The van der Waals surface area contributed by atoms with E-state index < -0.39 is 0 Å². The van der Waals surface area contributed by atoms with E-state index >= 15 is 0 Å². The predicted octanol–water partition coefficient (Wildman–Crippen LogP) is 2.00. The number of imidazole rings is 1. The molecule has 1 aromatic heterocycles. The van der Waals surface area contributed by atoms with Gasteiger partial charge in [-0.25, -0.2) is 4.98 Å². The van der Waals surface area contributed by atoms with E-state index in [9.17, 15) is 0 Å². The fraction of sp³-hybridized carbons (Fsp3) is 0.250. The Bertz CT molecular complexity index is 554. The molecule has 0 unspecified atom stereocenters. The maximum absolute atomic E-state index is 6.06. The molecule has 0 aliphatic heterocycles. The van der Waals surface area contributed by atoms with Gasteiger partial charge in [-0.3, -0.25) is 4.57 Å². The Morgan fingerprint density at radius 1 is 1.28 bits per heavy atom. The first-order chi connectivity index (χ1) is 8.71. The lowest BCUT2D eigenvalue weighted by Gasteiger charge is -2.14. The molecule has 0 aliphatic carbocycles. The van der Waals surface area contributed by atoms with E-state index in [1.165, 1.54) is 0 Å². The van der Waals surface area contributed by atoms with Gasteiger partial charge in [0.25, 0.3) is 0 Å². The van der Waals surface area contributed by atoms with E-state index in [2.05, 4.69) is 4.98 Å². The van der Waals surface area contributed by atoms with Crippen molar-refractivity contribution >= 4 is 11.6 Å². The zero-order chi connectivity index (χ0) is 13.1. The summed E-state index contributed by atoms with van der Waals surface area (Å²) in [4.78, 5) is 4.08. The van der Waals surface area contributed by atoms with E-state index in [1.54, 1.807) is 38.9 Å². The van der Waals surface area contributed by atoms with Crippen LogP contribution in [0.5, 0.6) is 11.5 Å². The van der Waals surface area contributed by atoms with Crippen LogP contribution >= 0.6 is 11.6 Å². The second-order valence-electron chi connectivity index (χ2n) is 3.62. The molecule has 6 heteroatoms. The molecule has 0 bridgehead atoms. The summed E-state index contributed by atoms with van der Waals surface area (Å²) in [7, 11) is 3.15. The van der Waals surface area contributed by atoms with Gasteiger partial charge in [0.1, 0.15) is 11.5 Å². The van der Waals surface area contributed by atoms with Crippen molar-refractivity contribution in [3.63, 3.8) is 0 Å². The summed E-state index contributed by atoms with van der Waals surface area (Å²) >= 11 is 6.06. The number of rotatable bonds is 4.